The molecule has 17 heavy (non-hydrogen) atoms. The Hall–Kier alpha value is -0.0900. The molecule has 3 nitrogen and oxygen atoms in total. The van der Waals surface area contributed by atoms with Crippen LogP contribution in [0.5, 0.6) is 0 Å². The van der Waals surface area contributed by atoms with Gasteiger partial charge in [0.25, 0.3) is 0 Å². The lowest BCUT2D eigenvalue weighted by molar-refractivity contribution is 0.480. The molecule has 1 atom stereocenters. The molecule has 1 N–H and O–H groups in total. The van der Waals surface area contributed by atoms with Crippen molar-refractivity contribution in [3.63, 3.8) is 0 Å². The summed E-state index contributed by atoms with van der Waals surface area (Å²) in [6.45, 7) is 5.22. The van der Waals surface area contributed by atoms with Crippen molar-refractivity contribution in [2.75, 3.05) is 18.6 Å². The van der Waals surface area contributed by atoms with Gasteiger partial charge in [-0.15, -0.1) is 0 Å². The predicted octanol–water partition coefficient (Wildman–Crippen LogP) is 2.76. The van der Waals surface area contributed by atoms with Crippen LogP contribution in [0.4, 0.5) is 0 Å². The van der Waals surface area contributed by atoms with E-state index in [0.29, 0.717) is 11.8 Å². The first-order valence-corrected chi connectivity index (χ1v) is 8.93. The maximum atomic E-state index is 10.9. The Balaban J connectivity index is 3.32. The molecule has 0 saturated carbocycles. The van der Waals surface area contributed by atoms with Gasteiger partial charge in [-0.25, -0.2) is 8.42 Å². The van der Waals surface area contributed by atoms with Crippen LogP contribution in [0.2, 0.25) is 0 Å². The summed E-state index contributed by atoms with van der Waals surface area (Å²) in [5.74, 6) is 0.295. The lowest BCUT2D eigenvalue weighted by atomic mass is 10.1. The van der Waals surface area contributed by atoms with Crippen LogP contribution in [0.15, 0.2) is 0 Å². The lowest BCUT2D eigenvalue weighted by Gasteiger charge is -2.13. The largest absolute Gasteiger partial charge is 0.314 e. The third-order valence-electron chi connectivity index (χ3n) is 2.93. The minimum absolute atomic E-state index is 0.295. The van der Waals surface area contributed by atoms with Crippen molar-refractivity contribution < 1.29 is 8.42 Å². The first kappa shape index (κ1) is 16.9. The highest BCUT2D eigenvalue weighted by Gasteiger charge is 2.03. The summed E-state index contributed by atoms with van der Waals surface area (Å²) >= 11 is 0. The number of hydrogen-bond donors (Lipinski definition) is 1. The molecule has 0 aromatic heterocycles. The molecule has 4 heteroatoms. The van der Waals surface area contributed by atoms with Gasteiger partial charge in [0.15, 0.2) is 0 Å². The zero-order valence-electron chi connectivity index (χ0n) is 11.7. The second-order valence-electron chi connectivity index (χ2n) is 5.04. The van der Waals surface area contributed by atoms with Crippen LogP contribution in [0.3, 0.4) is 0 Å². The highest BCUT2D eigenvalue weighted by molar-refractivity contribution is 7.90. The maximum absolute atomic E-state index is 10.9. The Kier molecular flexibility index (Phi) is 9.84. The van der Waals surface area contributed by atoms with Crippen LogP contribution in [0, 0.1) is 0 Å². The van der Waals surface area contributed by atoms with Gasteiger partial charge in [-0.2, -0.15) is 0 Å². The van der Waals surface area contributed by atoms with Crippen LogP contribution in [0.1, 0.15) is 58.8 Å². The second kappa shape index (κ2) is 9.89. The van der Waals surface area contributed by atoms with E-state index in [1.807, 2.05) is 0 Å². The standard InChI is InChI=1S/C13H29NO2S/c1-4-5-6-7-8-10-13(2)14-11-9-12-17(3,15)16/h13-14H,4-12H2,1-3H3. The van der Waals surface area contributed by atoms with E-state index in [2.05, 4.69) is 19.2 Å². The molecule has 0 radical (unpaired) electrons. The van der Waals surface area contributed by atoms with E-state index in [1.54, 1.807) is 0 Å². The smallest absolute Gasteiger partial charge is 0.147 e. The Bertz CT molecular complexity index is 263. The molecule has 104 valence electrons. The SMILES string of the molecule is CCCCCCCC(C)NCCCS(C)(=O)=O. The van der Waals surface area contributed by atoms with Crippen LogP contribution in [0.25, 0.3) is 0 Å². The van der Waals surface area contributed by atoms with E-state index in [-0.39, 0.29) is 0 Å². The van der Waals surface area contributed by atoms with Crippen molar-refractivity contribution in [3.05, 3.63) is 0 Å². The van der Waals surface area contributed by atoms with Crippen molar-refractivity contribution in [2.24, 2.45) is 0 Å². The van der Waals surface area contributed by atoms with Crippen molar-refractivity contribution in [3.8, 4) is 0 Å². The van der Waals surface area contributed by atoms with Crippen LogP contribution < -0.4 is 5.32 Å². The minimum atomic E-state index is -2.79. The first-order valence-electron chi connectivity index (χ1n) is 6.87. The van der Waals surface area contributed by atoms with Crippen molar-refractivity contribution in [2.45, 2.75) is 64.8 Å². The summed E-state index contributed by atoms with van der Waals surface area (Å²) in [5, 5.41) is 3.38. The molecule has 0 saturated heterocycles. The fourth-order valence-corrected chi connectivity index (χ4v) is 2.51. The molecule has 0 aliphatic heterocycles. The molecule has 0 aliphatic rings. The summed E-state index contributed by atoms with van der Waals surface area (Å²) < 4.78 is 21.8. The Morgan fingerprint density at radius 3 is 2.29 bits per heavy atom. The summed E-state index contributed by atoms with van der Waals surface area (Å²) in [6.07, 6.45) is 9.79. The van der Waals surface area contributed by atoms with Gasteiger partial charge in [-0.05, 0) is 26.3 Å². The summed E-state index contributed by atoms with van der Waals surface area (Å²) in [4.78, 5) is 0. The molecule has 0 aromatic rings. The van der Waals surface area contributed by atoms with Crippen LogP contribution in [-0.4, -0.2) is 33.0 Å². The molecule has 0 rings (SSSR count). The average Bonchev–Trinajstić information content (AvgIpc) is 2.23. The van der Waals surface area contributed by atoms with Gasteiger partial charge in [0.1, 0.15) is 9.84 Å². The molecule has 0 fully saturated rings. The molecule has 0 heterocycles. The van der Waals surface area contributed by atoms with Gasteiger partial charge in [-0.3, -0.25) is 0 Å². The fourth-order valence-electron chi connectivity index (χ4n) is 1.84. The number of rotatable bonds is 11. The second-order valence-corrected chi connectivity index (χ2v) is 7.30. The zero-order valence-corrected chi connectivity index (χ0v) is 12.5. The van der Waals surface area contributed by atoms with Crippen LogP contribution >= 0.6 is 0 Å². The van der Waals surface area contributed by atoms with Gasteiger partial charge >= 0.3 is 0 Å². The molecule has 0 bridgehead atoms. The molecule has 0 aromatic carbocycles. The maximum Gasteiger partial charge on any atom is 0.147 e. The number of sulfone groups is 1. The molecule has 0 spiro atoms. The molecule has 1 unspecified atom stereocenters. The third kappa shape index (κ3) is 13.8. The summed E-state index contributed by atoms with van der Waals surface area (Å²) in [5.41, 5.74) is 0. The lowest BCUT2D eigenvalue weighted by Crippen LogP contribution is -2.28. The number of nitrogens with one attached hydrogen (secondary N) is 1. The van der Waals surface area contributed by atoms with Gasteiger partial charge in [0, 0.05) is 12.3 Å². The summed E-state index contributed by atoms with van der Waals surface area (Å²) in [7, 11) is -2.79. The highest BCUT2D eigenvalue weighted by Crippen LogP contribution is 2.06. The topological polar surface area (TPSA) is 46.2 Å². The van der Waals surface area contributed by atoms with E-state index < -0.39 is 9.84 Å². The quantitative estimate of drug-likeness (QED) is 0.583. The van der Waals surface area contributed by atoms with Gasteiger partial charge in [0.2, 0.25) is 0 Å². The fraction of sp³-hybridized carbons (Fsp3) is 1.00. The van der Waals surface area contributed by atoms with Crippen LogP contribution in [-0.2, 0) is 9.84 Å². The number of unbranched alkanes of at least 4 members (excludes halogenated alkanes) is 4. The van der Waals surface area contributed by atoms with Crippen molar-refractivity contribution in [1.82, 2.24) is 5.32 Å². The Morgan fingerprint density at radius 2 is 1.71 bits per heavy atom. The highest BCUT2D eigenvalue weighted by atomic mass is 32.2. The third-order valence-corrected chi connectivity index (χ3v) is 3.96. The first-order chi connectivity index (χ1) is 7.95. The van der Waals surface area contributed by atoms with E-state index in [1.165, 1.54) is 44.8 Å². The van der Waals surface area contributed by atoms with Crippen molar-refractivity contribution in [1.29, 1.82) is 0 Å². The molecular weight excluding hydrogens is 234 g/mol. The normalized spacial score (nSPS) is 13.8. The summed E-state index contributed by atoms with van der Waals surface area (Å²) in [6, 6.07) is 0.510. The molecule has 0 amide bonds. The number of hydrogen-bond acceptors (Lipinski definition) is 3. The van der Waals surface area contributed by atoms with Crippen molar-refractivity contribution >= 4 is 9.84 Å². The van der Waals surface area contributed by atoms with Gasteiger partial charge in [0.05, 0.1) is 5.75 Å². The monoisotopic (exact) mass is 263 g/mol. The Morgan fingerprint density at radius 1 is 1.06 bits per heavy atom. The zero-order chi connectivity index (χ0) is 13.1. The van der Waals surface area contributed by atoms with E-state index in [9.17, 15) is 8.42 Å². The predicted molar refractivity (Wildman–Crippen MR) is 75.2 cm³/mol. The van der Waals surface area contributed by atoms with E-state index >= 15 is 0 Å². The molecular formula is C13H29NO2S. The Labute approximate surface area is 107 Å². The van der Waals surface area contributed by atoms with E-state index in [0.717, 1.165) is 13.0 Å². The molecule has 0 aliphatic carbocycles. The van der Waals surface area contributed by atoms with Gasteiger partial charge in [-0.1, -0.05) is 39.0 Å². The van der Waals surface area contributed by atoms with Gasteiger partial charge < -0.3 is 5.32 Å². The average molecular weight is 263 g/mol. The minimum Gasteiger partial charge on any atom is -0.314 e. The van der Waals surface area contributed by atoms with E-state index in [4.69, 9.17) is 0 Å².